The third-order valence-corrected chi connectivity index (χ3v) is 21.5. The Bertz CT molecular complexity index is 3720. The molecule has 5 fully saturated rings. The second kappa shape index (κ2) is 36.7. The molecule has 1 aromatic heterocycles. The maximum atomic E-state index is 12.9. The molecule has 544 valence electrons. The molecule has 99 heavy (non-hydrogen) atoms. The minimum Gasteiger partial charge on any atom is -0.490 e. The summed E-state index contributed by atoms with van der Waals surface area (Å²) in [6.07, 6.45) is 5.70. The minimum atomic E-state index is -4.65. The molecule has 5 aromatic carbocycles. The highest BCUT2D eigenvalue weighted by molar-refractivity contribution is 6.42. The number of likely N-dealkylation sites (tertiary alicyclic amines) is 5. The first-order valence-corrected chi connectivity index (χ1v) is 35.6. The van der Waals surface area contributed by atoms with Gasteiger partial charge in [0.25, 0.3) is 17.7 Å². The van der Waals surface area contributed by atoms with Crippen LogP contribution in [0.4, 0.5) is 18.0 Å². The van der Waals surface area contributed by atoms with Crippen molar-refractivity contribution in [2.75, 3.05) is 72.0 Å². The van der Waals surface area contributed by atoms with Gasteiger partial charge in [0.2, 0.25) is 0 Å². The fourth-order valence-electron chi connectivity index (χ4n) is 13.3. The number of aromatic nitrogens is 2. The maximum Gasteiger partial charge on any atom is 0.433 e. The Labute approximate surface area is 616 Å². The van der Waals surface area contributed by atoms with Crippen LogP contribution in [0.15, 0.2) is 103 Å². The van der Waals surface area contributed by atoms with Gasteiger partial charge in [-0.25, -0.2) is 4.79 Å². The van der Waals surface area contributed by atoms with Crippen LogP contribution < -0.4 is 20.1 Å². The van der Waals surface area contributed by atoms with E-state index < -0.39 is 41.3 Å². The number of carboxylic acid groups (broad SMARTS) is 1. The molecule has 5 saturated heterocycles. The van der Waals surface area contributed by atoms with Crippen LogP contribution in [-0.2, 0) is 17.4 Å². The summed E-state index contributed by atoms with van der Waals surface area (Å²) in [7, 11) is 0. The van der Waals surface area contributed by atoms with Gasteiger partial charge in [-0.1, -0.05) is 112 Å². The lowest BCUT2D eigenvalue weighted by molar-refractivity contribution is -0.147. The highest BCUT2D eigenvalue weighted by Crippen LogP contribution is 2.37. The van der Waals surface area contributed by atoms with Crippen LogP contribution in [0, 0.1) is 25.7 Å². The number of rotatable bonds is 16. The van der Waals surface area contributed by atoms with E-state index in [1.54, 1.807) is 59.5 Å². The largest absolute Gasteiger partial charge is 0.490 e. The molecule has 0 bridgehead atoms. The maximum absolute atomic E-state index is 12.9. The number of benzene rings is 5. The van der Waals surface area contributed by atoms with Crippen molar-refractivity contribution < 1.29 is 62.9 Å². The molecule has 18 nitrogen and oxygen atoms in total. The van der Waals surface area contributed by atoms with E-state index in [0.717, 1.165) is 132 Å². The molecule has 0 aliphatic carbocycles. The quantitative estimate of drug-likeness (QED) is 0.0710. The van der Waals surface area contributed by atoms with E-state index in [1.807, 2.05) is 73.2 Å². The van der Waals surface area contributed by atoms with Crippen LogP contribution in [0.1, 0.15) is 130 Å². The standard InChI is InChI=1S/C27H32Cl2N2O3.C24H26Cl3N3O3.C20H23Cl2F3N4O2.H2O.4H2/c1-17-3-5-20(6-4-17)26(32)30-12-10-22(11-13-30)31-14-9-19(16-24(31)27(33)34)15-21-7-8-23(28)18(2)25(21)29;25-17-3-1-16(2-4-17)23(31)28-24(32)30-11-7-18(8-12-30)29-13-9-19(10-14-29)33-20-5-6-21(26)22(27)15-20;1-12(9-26-19(30)15-10-27-28-18(15)20(23,24)25)11-29-6-4-13(5-7-29)31-14-2-3-16(21)17(22)8-14;;;;;/h3-8,19,22,24H,9-16H2,1-2H3,(H,33,34);1-6,15,18-19H,7-14H2,(H,28,31,32);2-3,8,10,12-13H,4-7,9,11H2,1H3,(H,26,30)(H,27,28);1H2;4*1H/t19-,24+;;12-;;;;;/m0.1...../s1. The minimum absolute atomic E-state index is 0. The molecule has 3 atom stereocenters. The average Bonchev–Trinajstić information content (AvgIpc) is 1.37. The number of hydrogen-bond donors (Lipinski definition) is 4. The van der Waals surface area contributed by atoms with Gasteiger partial charge in [0.1, 0.15) is 29.7 Å². The second-order valence-electron chi connectivity index (χ2n) is 25.8. The number of alkyl halides is 3. The second-order valence-corrected chi connectivity index (χ2v) is 28.7. The van der Waals surface area contributed by atoms with Gasteiger partial charge < -0.3 is 40.1 Å². The van der Waals surface area contributed by atoms with Gasteiger partial charge in [-0.05, 0) is 181 Å². The van der Waals surface area contributed by atoms with Crippen molar-refractivity contribution in [1.82, 2.24) is 45.3 Å². The molecule has 6 heterocycles. The van der Waals surface area contributed by atoms with Gasteiger partial charge in [0.15, 0.2) is 5.69 Å². The number of H-pyrrole nitrogens is 1. The van der Waals surface area contributed by atoms with E-state index >= 15 is 0 Å². The SMILES string of the molecule is C[C@H](CNC(=O)c1cn[nH]c1C(F)(F)F)CN1CCC(Oc2ccc(Cl)c(Cl)c2)CC1.Cc1ccc(C(=O)N2CCC(N3CC[C@@H](Cc4ccc(Cl)c(C)c4Cl)C[C@@H]3C(=O)O)CC2)cc1.O.O=C(NC(=O)N1CCC(N2CCC(Oc3ccc(Cl)c(Cl)c3)CC2)CC1)c1ccc(Cl)cc1.[HH].[HH].[HH].[HH]. The summed E-state index contributed by atoms with van der Waals surface area (Å²) >= 11 is 42.5. The Kier molecular flexibility index (Phi) is 29.1. The summed E-state index contributed by atoms with van der Waals surface area (Å²) in [6.45, 7) is 13.7. The predicted octanol–water partition coefficient (Wildman–Crippen LogP) is 15.9. The summed E-state index contributed by atoms with van der Waals surface area (Å²) in [6, 6.07) is 28.3. The lowest BCUT2D eigenvalue weighted by Gasteiger charge is -2.45. The molecule has 0 unspecified atom stereocenters. The zero-order valence-corrected chi connectivity index (χ0v) is 60.5. The zero-order valence-electron chi connectivity index (χ0n) is 55.2. The molecule has 28 heteroatoms. The van der Waals surface area contributed by atoms with Crippen molar-refractivity contribution in [2.45, 2.75) is 128 Å². The van der Waals surface area contributed by atoms with Gasteiger partial charge in [0, 0.05) is 122 Å². The van der Waals surface area contributed by atoms with Gasteiger partial charge in [-0.2, -0.15) is 18.3 Å². The van der Waals surface area contributed by atoms with Crippen LogP contribution in [0.25, 0.3) is 0 Å². The van der Waals surface area contributed by atoms with E-state index in [1.165, 1.54) is 0 Å². The Balaban J connectivity index is 0.000000320. The lowest BCUT2D eigenvalue weighted by atomic mass is 9.84. The molecule has 5 amide bonds. The number of amides is 5. The van der Waals surface area contributed by atoms with Crippen LogP contribution in [0.3, 0.4) is 0 Å². The number of halogens is 10. The molecule has 5 aliphatic heterocycles. The number of piperidine rings is 5. The van der Waals surface area contributed by atoms with Crippen molar-refractivity contribution in [3.05, 3.63) is 177 Å². The third-order valence-electron chi connectivity index (χ3n) is 18.8. The fraction of sp³-hybridized carbons (Fsp3) is 0.465. The van der Waals surface area contributed by atoms with E-state index in [4.69, 9.17) is 90.7 Å². The normalized spacial score (nSPS) is 18.9. The number of aryl methyl sites for hydroxylation is 1. The number of aliphatic carboxylic acids is 1. The van der Waals surface area contributed by atoms with Crippen LogP contribution >= 0.6 is 81.2 Å². The first-order chi connectivity index (χ1) is 46.8. The number of carbonyl (C=O) groups is 5. The number of aromatic amines is 1. The van der Waals surface area contributed by atoms with Crippen molar-refractivity contribution in [3.8, 4) is 11.5 Å². The molecule has 0 radical (unpaired) electrons. The Morgan fingerprint density at radius 1 is 0.646 bits per heavy atom. The van der Waals surface area contributed by atoms with E-state index in [9.17, 15) is 42.3 Å². The van der Waals surface area contributed by atoms with Gasteiger partial charge in [-0.3, -0.25) is 39.4 Å². The number of hydrogen-bond acceptors (Lipinski definition) is 11. The molecule has 0 saturated carbocycles. The van der Waals surface area contributed by atoms with Gasteiger partial charge in [-0.15, -0.1) is 0 Å². The highest BCUT2D eigenvalue weighted by atomic mass is 35.5. The number of urea groups is 1. The number of carboxylic acids is 1. The molecule has 0 spiro atoms. The van der Waals surface area contributed by atoms with Gasteiger partial charge in [0.05, 0.1) is 31.9 Å². The number of ether oxygens (including phenoxy) is 2. The highest BCUT2D eigenvalue weighted by Gasteiger charge is 2.40. The summed E-state index contributed by atoms with van der Waals surface area (Å²) in [4.78, 5) is 72.5. The molecule has 6 N–H and O–H groups in total. The molecule has 11 rings (SSSR count). The van der Waals surface area contributed by atoms with Crippen molar-refractivity contribution >= 4 is 111 Å². The average molecular weight is 1520 g/mol. The molecular formula is C71H91Cl7F3N9O9. The number of nitrogens with one attached hydrogen (secondary N) is 3. The van der Waals surface area contributed by atoms with Gasteiger partial charge >= 0.3 is 18.2 Å². The number of carbonyl (C=O) groups excluding carboxylic acids is 4. The monoisotopic (exact) mass is 1520 g/mol. The number of imide groups is 1. The first kappa shape index (κ1) is 78.6. The van der Waals surface area contributed by atoms with Crippen molar-refractivity contribution in [2.24, 2.45) is 11.8 Å². The topological polar surface area (TPSA) is 224 Å². The fourth-order valence-corrected chi connectivity index (χ4v) is 14.4. The van der Waals surface area contributed by atoms with Crippen molar-refractivity contribution in [1.29, 1.82) is 0 Å². The summed E-state index contributed by atoms with van der Waals surface area (Å²) in [5.41, 5.74) is 2.53. The number of nitrogens with zero attached hydrogens (tertiary/aromatic N) is 6. The summed E-state index contributed by atoms with van der Waals surface area (Å²) in [5, 5.41) is 24.1. The Hall–Kier alpha value is -6.08. The van der Waals surface area contributed by atoms with Crippen molar-refractivity contribution in [3.63, 3.8) is 0 Å². The zero-order chi connectivity index (χ0) is 70.4. The lowest BCUT2D eigenvalue weighted by Crippen LogP contribution is -2.55. The summed E-state index contributed by atoms with van der Waals surface area (Å²) < 4.78 is 50.7. The first-order valence-electron chi connectivity index (χ1n) is 33.0. The smallest absolute Gasteiger partial charge is 0.433 e. The van der Waals surface area contributed by atoms with E-state index in [-0.39, 0.29) is 59.8 Å². The molecule has 5 aliphatic rings. The van der Waals surface area contributed by atoms with Crippen LogP contribution in [0.2, 0.25) is 35.2 Å². The molecular weight excluding hydrogens is 1430 g/mol. The van der Waals surface area contributed by atoms with Crippen LogP contribution in [0.5, 0.6) is 11.5 Å². The molecule has 6 aromatic rings. The summed E-state index contributed by atoms with van der Waals surface area (Å²) in [5.74, 6) is -0.152. The Morgan fingerprint density at radius 2 is 1.19 bits per heavy atom. The predicted molar refractivity (Wildman–Crippen MR) is 390 cm³/mol. The third kappa shape index (κ3) is 22.2. The van der Waals surface area contributed by atoms with Crippen LogP contribution in [-0.4, -0.2) is 177 Å². The van der Waals surface area contributed by atoms with E-state index in [2.05, 4.69) is 30.4 Å². The Morgan fingerprint density at radius 3 is 1.76 bits per heavy atom. The van der Waals surface area contributed by atoms with E-state index in [0.29, 0.717) is 90.7 Å².